The molecular weight excluding hydrogens is 318 g/mol. The minimum absolute atomic E-state index is 0.0960. The number of carboxylic acid groups (broad SMARTS) is 1. The van der Waals surface area contributed by atoms with Crippen molar-refractivity contribution in [2.24, 2.45) is 0 Å². The second-order valence-corrected chi connectivity index (χ2v) is 6.63. The molecule has 0 bridgehead atoms. The SMILES string of the molecule is Nc1cc(C(=O)O)ccc1S(=O)(=O)NCc1csc(=O)[nH]1. The number of anilines is 1. The number of rotatable bonds is 5. The topological polar surface area (TPSA) is 142 Å². The molecule has 0 spiro atoms. The average Bonchev–Trinajstić information content (AvgIpc) is 2.82. The van der Waals surface area contributed by atoms with Gasteiger partial charge in [-0.25, -0.2) is 17.9 Å². The van der Waals surface area contributed by atoms with E-state index in [0.717, 1.165) is 29.5 Å². The Balaban J connectivity index is 2.23. The fourth-order valence-corrected chi connectivity index (χ4v) is 3.28. The van der Waals surface area contributed by atoms with Crippen LogP contribution in [-0.4, -0.2) is 24.5 Å². The Hall–Kier alpha value is -2.17. The van der Waals surface area contributed by atoms with Crippen LogP contribution in [0.5, 0.6) is 0 Å². The van der Waals surface area contributed by atoms with Crippen molar-refractivity contribution in [1.82, 2.24) is 9.71 Å². The molecule has 0 saturated carbocycles. The monoisotopic (exact) mass is 329 g/mol. The number of sulfonamides is 1. The third-order valence-corrected chi connectivity index (χ3v) is 4.76. The number of nitrogens with one attached hydrogen (secondary N) is 2. The van der Waals surface area contributed by atoms with Gasteiger partial charge >= 0.3 is 10.8 Å². The number of aromatic amines is 1. The Kier molecular flexibility index (Phi) is 4.11. The fourth-order valence-electron chi connectivity index (χ4n) is 1.58. The molecule has 0 unspecified atom stereocenters. The number of carbonyl (C=O) groups is 1. The summed E-state index contributed by atoms with van der Waals surface area (Å²) in [6, 6.07) is 3.35. The zero-order valence-electron chi connectivity index (χ0n) is 10.5. The third kappa shape index (κ3) is 3.48. The Morgan fingerprint density at radius 1 is 1.43 bits per heavy atom. The van der Waals surface area contributed by atoms with Crippen LogP contribution in [0.25, 0.3) is 0 Å². The van der Waals surface area contributed by atoms with Crippen molar-refractivity contribution < 1.29 is 18.3 Å². The molecule has 0 atom stereocenters. The van der Waals surface area contributed by atoms with E-state index in [1.807, 2.05) is 0 Å². The first kappa shape index (κ1) is 15.2. The predicted octanol–water partition coefficient (Wildman–Crippen LogP) is 0.195. The lowest BCUT2D eigenvalue weighted by Gasteiger charge is -2.09. The van der Waals surface area contributed by atoms with Gasteiger partial charge in [-0.15, -0.1) is 0 Å². The highest BCUT2D eigenvalue weighted by Gasteiger charge is 2.18. The molecule has 112 valence electrons. The number of carboxylic acids is 1. The number of nitrogen functional groups attached to an aromatic ring is 1. The van der Waals surface area contributed by atoms with Gasteiger partial charge in [0.1, 0.15) is 4.90 Å². The van der Waals surface area contributed by atoms with Crippen molar-refractivity contribution in [3.8, 4) is 0 Å². The highest BCUT2D eigenvalue weighted by atomic mass is 32.2. The average molecular weight is 329 g/mol. The molecule has 0 aliphatic heterocycles. The van der Waals surface area contributed by atoms with Crippen molar-refractivity contribution in [3.63, 3.8) is 0 Å². The molecule has 0 radical (unpaired) electrons. The van der Waals surface area contributed by atoms with Crippen molar-refractivity contribution in [1.29, 1.82) is 0 Å². The van der Waals surface area contributed by atoms with Crippen LogP contribution in [0.2, 0.25) is 0 Å². The maximum absolute atomic E-state index is 12.1. The number of nitrogens with two attached hydrogens (primary N) is 1. The van der Waals surface area contributed by atoms with Crippen molar-refractivity contribution in [3.05, 3.63) is 44.5 Å². The van der Waals surface area contributed by atoms with Gasteiger partial charge in [-0.05, 0) is 18.2 Å². The number of hydrogen-bond donors (Lipinski definition) is 4. The van der Waals surface area contributed by atoms with Gasteiger partial charge in [0, 0.05) is 11.1 Å². The van der Waals surface area contributed by atoms with Gasteiger partial charge in [0.05, 0.1) is 17.8 Å². The maximum Gasteiger partial charge on any atom is 0.335 e. The van der Waals surface area contributed by atoms with E-state index < -0.39 is 16.0 Å². The summed E-state index contributed by atoms with van der Waals surface area (Å²) in [6.07, 6.45) is 0. The summed E-state index contributed by atoms with van der Waals surface area (Å²) in [5.74, 6) is -1.20. The molecule has 1 aromatic carbocycles. The van der Waals surface area contributed by atoms with E-state index in [-0.39, 0.29) is 27.6 Å². The van der Waals surface area contributed by atoms with E-state index in [4.69, 9.17) is 10.8 Å². The minimum Gasteiger partial charge on any atom is -0.478 e. The zero-order chi connectivity index (χ0) is 15.6. The fraction of sp³-hybridized carbons (Fsp3) is 0.0909. The molecule has 1 aromatic heterocycles. The summed E-state index contributed by atoms with van der Waals surface area (Å²) in [7, 11) is -3.91. The van der Waals surface area contributed by atoms with Gasteiger partial charge in [0.15, 0.2) is 0 Å². The second-order valence-electron chi connectivity index (χ2n) is 4.06. The normalized spacial score (nSPS) is 11.4. The Labute approximate surface area is 123 Å². The number of benzene rings is 1. The number of aromatic nitrogens is 1. The van der Waals surface area contributed by atoms with Gasteiger partial charge in [0.25, 0.3) is 0 Å². The minimum atomic E-state index is -3.91. The summed E-state index contributed by atoms with van der Waals surface area (Å²) in [5.41, 5.74) is 5.74. The molecule has 0 fully saturated rings. The smallest absolute Gasteiger partial charge is 0.335 e. The van der Waals surface area contributed by atoms with Crippen LogP contribution in [0.1, 0.15) is 16.1 Å². The molecule has 0 aliphatic rings. The highest BCUT2D eigenvalue weighted by Crippen LogP contribution is 2.20. The second kappa shape index (κ2) is 5.68. The lowest BCUT2D eigenvalue weighted by molar-refractivity contribution is 0.0697. The van der Waals surface area contributed by atoms with Crippen LogP contribution in [0, 0.1) is 0 Å². The van der Waals surface area contributed by atoms with Crippen LogP contribution in [0.15, 0.2) is 33.3 Å². The Bertz CT molecular complexity index is 838. The Morgan fingerprint density at radius 2 is 2.14 bits per heavy atom. The van der Waals surface area contributed by atoms with E-state index in [1.54, 1.807) is 0 Å². The van der Waals surface area contributed by atoms with Gasteiger partial charge < -0.3 is 15.8 Å². The zero-order valence-corrected chi connectivity index (χ0v) is 12.1. The summed E-state index contributed by atoms with van der Waals surface area (Å²) in [4.78, 5) is 23.7. The van der Waals surface area contributed by atoms with Crippen LogP contribution >= 0.6 is 11.3 Å². The quantitative estimate of drug-likeness (QED) is 0.577. The first-order valence-corrected chi connectivity index (χ1v) is 7.95. The van der Waals surface area contributed by atoms with Crippen LogP contribution in [0.4, 0.5) is 5.69 Å². The summed E-state index contributed by atoms with van der Waals surface area (Å²) in [5, 5.41) is 10.3. The summed E-state index contributed by atoms with van der Waals surface area (Å²) >= 11 is 0.923. The molecule has 0 amide bonds. The molecule has 2 aromatic rings. The number of hydrogen-bond acceptors (Lipinski definition) is 6. The largest absolute Gasteiger partial charge is 0.478 e. The molecule has 1 heterocycles. The van der Waals surface area contributed by atoms with Gasteiger partial charge in [-0.1, -0.05) is 11.3 Å². The molecule has 0 saturated heterocycles. The first-order valence-electron chi connectivity index (χ1n) is 5.59. The summed E-state index contributed by atoms with van der Waals surface area (Å²) < 4.78 is 26.5. The number of thiazole rings is 1. The van der Waals surface area contributed by atoms with Gasteiger partial charge in [-0.3, -0.25) is 4.79 Å². The lowest BCUT2D eigenvalue weighted by Crippen LogP contribution is -2.24. The van der Waals surface area contributed by atoms with E-state index in [0.29, 0.717) is 5.69 Å². The Morgan fingerprint density at radius 3 is 2.67 bits per heavy atom. The van der Waals surface area contributed by atoms with E-state index in [1.165, 1.54) is 5.38 Å². The van der Waals surface area contributed by atoms with Crippen LogP contribution in [-0.2, 0) is 16.6 Å². The third-order valence-electron chi connectivity index (χ3n) is 2.57. The van der Waals surface area contributed by atoms with Crippen molar-refractivity contribution in [2.75, 3.05) is 5.73 Å². The molecule has 8 nitrogen and oxygen atoms in total. The molecule has 2 rings (SSSR count). The van der Waals surface area contributed by atoms with E-state index in [9.17, 15) is 18.0 Å². The van der Waals surface area contributed by atoms with Crippen molar-refractivity contribution >= 4 is 33.0 Å². The van der Waals surface area contributed by atoms with Crippen molar-refractivity contribution in [2.45, 2.75) is 11.4 Å². The highest BCUT2D eigenvalue weighted by molar-refractivity contribution is 7.89. The van der Waals surface area contributed by atoms with Gasteiger partial charge in [-0.2, -0.15) is 0 Å². The summed E-state index contributed by atoms with van der Waals surface area (Å²) in [6.45, 7) is -0.0960. The van der Waals surface area contributed by atoms with E-state index in [2.05, 4.69) is 9.71 Å². The van der Waals surface area contributed by atoms with Gasteiger partial charge in [0.2, 0.25) is 10.0 Å². The van der Waals surface area contributed by atoms with E-state index >= 15 is 0 Å². The predicted molar refractivity (Wildman–Crippen MR) is 76.8 cm³/mol. The van der Waals surface area contributed by atoms with Crippen LogP contribution < -0.4 is 15.3 Å². The molecule has 0 aliphatic carbocycles. The first-order chi connectivity index (χ1) is 9.79. The molecular formula is C11H11N3O5S2. The lowest BCUT2D eigenvalue weighted by atomic mass is 10.2. The molecule has 21 heavy (non-hydrogen) atoms. The number of H-pyrrole nitrogens is 1. The van der Waals surface area contributed by atoms with Crippen LogP contribution in [0.3, 0.4) is 0 Å². The maximum atomic E-state index is 12.1. The number of aromatic carboxylic acids is 1. The molecule has 10 heteroatoms. The molecule has 5 N–H and O–H groups in total. The standard InChI is InChI=1S/C11H11N3O5S2/c12-8-3-6(10(15)16)1-2-9(8)21(18,19)13-4-7-5-20-11(17)14-7/h1-3,5,13H,4,12H2,(H,14,17)(H,15,16).